The number of aromatic nitrogens is 1. The minimum Gasteiger partial charge on any atom is -0.377 e. The number of nitrogens with one attached hydrogen (secondary N) is 2. The van der Waals surface area contributed by atoms with Gasteiger partial charge in [0.15, 0.2) is 5.96 Å². The Hall–Kier alpha value is -2.01. The van der Waals surface area contributed by atoms with Crippen LogP contribution >= 0.6 is 0 Å². The standard InChI is InChI=1S/C21H30N4O/c1-21(2)18(16-10-14-26-19(16)21)24-20(22-3)23-11-6-12-25-13-9-15-7-4-5-8-17(15)25/h4-5,7-9,13,16,18-19H,6,10-12,14H2,1-3H3,(H2,22,23,24). The lowest BCUT2D eigenvalue weighted by Crippen LogP contribution is -2.68. The van der Waals surface area contributed by atoms with E-state index in [2.05, 4.69) is 70.6 Å². The van der Waals surface area contributed by atoms with Crippen molar-refractivity contribution in [3.8, 4) is 0 Å². The van der Waals surface area contributed by atoms with Gasteiger partial charge in [0.25, 0.3) is 0 Å². The summed E-state index contributed by atoms with van der Waals surface area (Å²) in [4.78, 5) is 4.42. The molecule has 2 fully saturated rings. The van der Waals surface area contributed by atoms with Gasteiger partial charge in [-0.1, -0.05) is 32.0 Å². The summed E-state index contributed by atoms with van der Waals surface area (Å²) >= 11 is 0. The van der Waals surface area contributed by atoms with Gasteiger partial charge in [0, 0.05) is 55.8 Å². The lowest BCUT2D eigenvalue weighted by atomic mass is 9.57. The Balaban J connectivity index is 1.27. The molecule has 5 heteroatoms. The Morgan fingerprint density at radius 2 is 2.15 bits per heavy atom. The molecule has 2 N–H and O–H groups in total. The van der Waals surface area contributed by atoms with Gasteiger partial charge in [-0.25, -0.2) is 0 Å². The summed E-state index contributed by atoms with van der Waals surface area (Å²) in [5, 5.41) is 8.43. The SMILES string of the molecule is CN=C(NCCCn1ccc2ccccc21)NC1C2CCOC2C1(C)C. The topological polar surface area (TPSA) is 50.6 Å². The van der Waals surface area contributed by atoms with Gasteiger partial charge in [-0.2, -0.15) is 0 Å². The predicted molar refractivity (Wildman–Crippen MR) is 106 cm³/mol. The summed E-state index contributed by atoms with van der Waals surface area (Å²) in [7, 11) is 1.85. The molecule has 4 rings (SSSR count). The van der Waals surface area contributed by atoms with Gasteiger partial charge >= 0.3 is 0 Å². The zero-order valence-corrected chi connectivity index (χ0v) is 16.0. The Morgan fingerprint density at radius 1 is 1.31 bits per heavy atom. The molecule has 1 saturated carbocycles. The number of ether oxygens (including phenoxy) is 1. The maximum atomic E-state index is 5.88. The van der Waals surface area contributed by atoms with E-state index < -0.39 is 0 Å². The number of aryl methyl sites for hydroxylation is 1. The Kier molecular flexibility index (Phi) is 4.65. The molecule has 1 aliphatic carbocycles. The Bertz CT molecular complexity index is 794. The van der Waals surface area contributed by atoms with Crippen molar-refractivity contribution in [1.82, 2.24) is 15.2 Å². The average Bonchev–Trinajstić information content (AvgIpc) is 3.27. The molecule has 2 aromatic rings. The van der Waals surface area contributed by atoms with Crippen molar-refractivity contribution in [3.05, 3.63) is 36.5 Å². The van der Waals surface area contributed by atoms with Crippen LogP contribution in [-0.2, 0) is 11.3 Å². The van der Waals surface area contributed by atoms with Gasteiger partial charge in [-0.3, -0.25) is 4.99 Å². The number of hydrogen-bond donors (Lipinski definition) is 2. The number of hydrogen-bond acceptors (Lipinski definition) is 2. The molecule has 1 aromatic heterocycles. The minimum absolute atomic E-state index is 0.169. The minimum atomic E-state index is 0.169. The molecule has 3 atom stereocenters. The van der Waals surface area contributed by atoms with Gasteiger partial charge < -0.3 is 19.9 Å². The van der Waals surface area contributed by atoms with Crippen LogP contribution in [0.5, 0.6) is 0 Å². The van der Waals surface area contributed by atoms with Gasteiger partial charge in [-0.05, 0) is 30.4 Å². The van der Waals surface area contributed by atoms with Crippen LogP contribution in [0.2, 0.25) is 0 Å². The molecule has 0 radical (unpaired) electrons. The van der Waals surface area contributed by atoms with Crippen molar-refractivity contribution in [2.75, 3.05) is 20.2 Å². The lowest BCUT2D eigenvalue weighted by molar-refractivity contribution is -0.106. The van der Waals surface area contributed by atoms with Crippen LogP contribution < -0.4 is 10.6 Å². The molecule has 0 amide bonds. The van der Waals surface area contributed by atoms with Crippen molar-refractivity contribution in [2.45, 2.75) is 45.4 Å². The highest BCUT2D eigenvalue weighted by atomic mass is 16.5. The van der Waals surface area contributed by atoms with Crippen molar-refractivity contribution in [2.24, 2.45) is 16.3 Å². The highest BCUT2D eigenvalue weighted by Crippen LogP contribution is 2.52. The van der Waals surface area contributed by atoms with E-state index in [1.54, 1.807) is 0 Å². The first-order valence-corrected chi connectivity index (χ1v) is 9.74. The largest absolute Gasteiger partial charge is 0.377 e. The molecule has 2 heterocycles. The fourth-order valence-corrected chi connectivity index (χ4v) is 4.75. The molecule has 5 nitrogen and oxygen atoms in total. The molecule has 1 saturated heterocycles. The second-order valence-corrected chi connectivity index (χ2v) is 8.11. The van der Waals surface area contributed by atoms with Crippen LogP contribution in [0.15, 0.2) is 41.5 Å². The van der Waals surface area contributed by atoms with Gasteiger partial charge in [-0.15, -0.1) is 0 Å². The Morgan fingerprint density at radius 3 is 3.00 bits per heavy atom. The zero-order chi connectivity index (χ0) is 18.1. The lowest BCUT2D eigenvalue weighted by Gasteiger charge is -2.54. The van der Waals surface area contributed by atoms with Crippen LogP contribution in [-0.4, -0.2) is 42.9 Å². The maximum Gasteiger partial charge on any atom is 0.191 e. The van der Waals surface area contributed by atoms with Gasteiger partial charge in [0.2, 0.25) is 0 Å². The van der Waals surface area contributed by atoms with Crippen molar-refractivity contribution >= 4 is 16.9 Å². The van der Waals surface area contributed by atoms with Crippen LogP contribution in [0, 0.1) is 11.3 Å². The van der Waals surface area contributed by atoms with E-state index >= 15 is 0 Å². The quantitative estimate of drug-likeness (QED) is 0.493. The summed E-state index contributed by atoms with van der Waals surface area (Å²) in [6, 6.07) is 11.2. The zero-order valence-electron chi connectivity index (χ0n) is 16.0. The second-order valence-electron chi connectivity index (χ2n) is 8.11. The normalized spacial score (nSPS) is 27.2. The molecule has 0 spiro atoms. The van der Waals surface area contributed by atoms with Crippen molar-refractivity contribution < 1.29 is 4.74 Å². The molecule has 140 valence electrons. The smallest absolute Gasteiger partial charge is 0.191 e. The molecular weight excluding hydrogens is 324 g/mol. The summed E-state index contributed by atoms with van der Waals surface area (Å²) in [6.45, 7) is 7.39. The van der Waals surface area contributed by atoms with Crippen LogP contribution in [0.25, 0.3) is 10.9 Å². The monoisotopic (exact) mass is 354 g/mol. The van der Waals surface area contributed by atoms with Gasteiger partial charge in [0.05, 0.1) is 6.10 Å². The highest BCUT2D eigenvalue weighted by molar-refractivity contribution is 5.80. The van der Waals surface area contributed by atoms with E-state index in [9.17, 15) is 0 Å². The third-order valence-corrected chi connectivity index (χ3v) is 6.16. The number of rotatable bonds is 5. The number of nitrogens with zero attached hydrogens (tertiary/aromatic N) is 2. The van der Waals surface area contributed by atoms with E-state index in [1.807, 2.05) is 7.05 Å². The van der Waals surface area contributed by atoms with E-state index in [0.717, 1.165) is 38.5 Å². The third-order valence-electron chi connectivity index (χ3n) is 6.16. The Labute approximate surface area is 155 Å². The number of aliphatic imine (C=N–C) groups is 1. The molecule has 1 aliphatic heterocycles. The predicted octanol–water partition coefficient (Wildman–Crippen LogP) is 3.01. The van der Waals surface area contributed by atoms with Crippen molar-refractivity contribution in [3.63, 3.8) is 0 Å². The number of benzene rings is 1. The molecule has 0 bridgehead atoms. The summed E-state index contributed by atoms with van der Waals surface area (Å²) in [5.74, 6) is 1.53. The molecule has 2 aliphatic rings. The van der Waals surface area contributed by atoms with E-state index in [-0.39, 0.29) is 5.41 Å². The number of fused-ring (bicyclic) bond motifs is 2. The van der Waals surface area contributed by atoms with Crippen LogP contribution in [0.1, 0.15) is 26.7 Å². The molecule has 3 unspecified atom stereocenters. The van der Waals surface area contributed by atoms with Gasteiger partial charge in [0.1, 0.15) is 0 Å². The third kappa shape index (κ3) is 2.98. The van der Waals surface area contributed by atoms with Crippen LogP contribution in [0.3, 0.4) is 0 Å². The highest BCUT2D eigenvalue weighted by Gasteiger charge is 2.59. The molecular formula is C21H30N4O. The first-order chi connectivity index (χ1) is 12.6. The number of para-hydroxylation sites is 1. The molecule has 26 heavy (non-hydrogen) atoms. The van der Waals surface area contributed by atoms with E-state index in [4.69, 9.17) is 4.74 Å². The fourth-order valence-electron chi connectivity index (χ4n) is 4.75. The first-order valence-electron chi connectivity index (χ1n) is 9.74. The fraction of sp³-hybridized carbons (Fsp3) is 0.571. The van der Waals surface area contributed by atoms with E-state index in [1.165, 1.54) is 10.9 Å². The second kappa shape index (κ2) is 6.95. The summed E-state index contributed by atoms with van der Waals surface area (Å²) in [5.41, 5.74) is 1.47. The maximum absolute atomic E-state index is 5.88. The summed E-state index contributed by atoms with van der Waals surface area (Å²) < 4.78 is 8.21. The number of guanidine groups is 1. The summed E-state index contributed by atoms with van der Waals surface area (Å²) in [6.07, 6.45) is 4.79. The first kappa shape index (κ1) is 17.4. The molecule has 1 aromatic carbocycles. The average molecular weight is 354 g/mol. The van der Waals surface area contributed by atoms with Crippen molar-refractivity contribution in [1.29, 1.82) is 0 Å². The van der Waals surface area contributed by atoms with Crippen LogP contribution in [0.4, 0.5) is 0 Å². The van der Waals surface area contributed by atoms with E-state index in [0.29, 0.717) is 18.1 Å².